The molecule has 0 spiro atoms. The topological polar surface area (TPSA) is 80.0 Å². The van der Waals surface area contributed by atoms with E-state index in [-0.39, 0.29) is 11.8 Å². The summed E-state index contributed by atoms with van der Waals surface area (Å²) in [5.41, 5.74) is 0.785. The van der Waals surface area contributed by atoms with E-state index >= 15 is 0 Å². The van der Waals surface area contributed by atoms with Crippen molar-refractivity contribution in [3.05, 3.63) is 60.0 Å². The summed E-state index contributed by atoms with van der Waals surface area (Å²) in [5, 5.41) is 13.2. The van der Waals surface area contributed by atoms with Crippen molar-refractivity contribution < 1.29 is 22.4 Å². The molecule has 6 nitrogen and oxygen atoms in total. The highest BCUT2D eigenvalue weighted by Crippen LogP contribution is 2.32. The first-order valence-electron chi connectivity index (χ1n) is 8.04. The van der Waals surface area contributed by atoms with E-state index in [0.717, 1.165) is 12.1 Å². The number of hydrogen-bond donors (Lipinski definition) is 2. The van der Waals surface area contributed by atoms with Crippen LogP contribution >= 0.6 is 0 Å². The standard InChI is InChI=1S/C18H15F3N4O2/c1-2-22-15(26)17-25-24-16(27-17)13-5-3-4-6-14(13)23-12-9-7-11(8-10-12)18(19,20)21/h3-10,23H,2H2,1H3,(H,22,26). The molecule has 0 bridgehead atoms. The minimum absolute atomic E-state index is 0.117. The van der Waals surface area contributed by atoms with Crippen LogP contribution < -0.4 is 10.6 Å². The van der Waals surface area contributed by atoms with Crippen molar-refractivity contribution >= 4 is 17.3 Å². The van der Waals surface area contributed by atoms with Crippen LogP contribution in [-0.4, -0.2) is 22.6 Å². The van der Waals surface area contributed by atoms with E-state index in [2.05, 4.69) is 20.8 Å². The Labute approximate surface area is 152 Å². The molecule has 0 saturated carbocycles. The first-order chi connectivity index (χ1) is 12.9. The molecule has 140 valence electrons. The van der Waals surface area contributed by atoms with Crippen molar-refractivity contribution in [1.29, 1.82) is 0 Å². The molecule has 1 aromatic heterocycles. The van der Waals surface area contributed by atoms with Gasteiger partial charge in [0.25, 0.3) is 0 Å². The van der Waals surface area contributed by atoms with Crippen molar-refractivity contribution in [1.82, 2.24) is 15.5 Å². The number of hydrogen-bond acceptors (Lipinski definition) is 5. The van der Waals surface area contributed by atoms with Gasteiger partial charge in [0.1, 0.15) is 0 Å². The van der Waals surface area contributed by atoms with Crippen LogP contribution in [0.4, 0.5) is 24.5 Å². The van der Waals surface area contributed by atoms with E-state index in [4.69, 9.17) is 4.42 Å². The highest BCUT2D eigenvalue weighted by Gasteiger charge is 2.30. The third kappa shape index (κ3) is 4.25. The molecule has 0 saturated heterocycles. The summed E-state index contributed by atoms with van der Waals surface area (Å²) in [7, 11) is 0. The highest BCUT2D eigenvalue weighted by atomic mass is 19.4. The number of amides is 1. The van der Waals surface area contributed by atoms with Crippen LogP contribution in [0.5, 0.6) is 0 Å². The Bertz CT molecular complexity index is 936. The number of aromatic nitrogens is 2. The van der Waals surface area contributed by atoms with Crippen molar-refractivity contribution in [2.45, 2.75) is 13.1 Å². The number of carbonyl (C=O) groups excluding carboxylic acids is 1. The number of nitrogens with one attached hydrogen (secondary N) is 2. The van der Waals surface area contributed by atoms with Crippen LogP contribution in [0.25, 0.3) is 11.5 Å². The zero-order valence-electron chi connectivity index (χ0n) is 14.2. The monoisotopic (exact) mass is 376 g/mol. The molecule has 0 aliphatic heterocycles. The summed E-state index contributed by atoms with van der Waals surface area (Å²) in [6, 6.07) is 11.5. The van der Waals surface area contributed by atoms with Crippen LogP contribution in [0.3, 0.4) is 0 Å². The van der Waals surface area contributed by atoms with Gasteiger partial charge in [-0.1, -0.05) is 12.1 Å². The molecular formula is C18H15F3N4O2. The van der Waals surface area contributed by atoms with Gasteiger partial charge in [0.05, 0.1) is 16.8 Å². The number of anilines is 2. The van der Waals surface area contributed by atoms with Gasteiger partial charge in [0.15, 0.2) is 0 Å². The Morgan fingerprint density at radius 1 is 1.07 bits per heavy atom. The van der Waals surface area contributed by atoms with E-state index in [1.165, 1.54) is 12.1 Å². The molecule has 9 heteroatoms. The van der Waals surface area contributed by atoms with Crippen LogP contribution in [-0.2, 0) is 6.18 Å². The molecule has 2 aromatic carbocycles. The smallest absolute Gasteiger partial charge is 0.412 e. The maximum Gasteiger partial charge on any atom is 0.416 e. The Kier molecular flexibility index (Phi) is 5.11. The molecule has 0 atom stereocenters. The maximum absolute atomic E-state index is 12.7. The van der Waals surface area contributed by atoms with Gasteiger partial charge in [-0.15, -0.1) is 10.2 Å². The normalized spacial score (nSPS) is 11.3. The summed E-state index contributed by atoms with van der Waals surface area (Å²) in [6.07, 6.45) is -4.39. The summed E-state index contributed by atoms with van der Waals surface area (Å²) in [4.78, 5) is 11.8. The summed E-state index contributed by atoms with van der Waals surface area (Å²) < 4.78 is 43.4. The average Bonchev–Trinajstić information content (AvgIpc) is 3.12. The van der Waals surface area contributed by atoms with Gasteiger partial charge in [0, 0.05) is 12.2 Å². The average molecular weight is 376 g/mol. The Hall–Kier alpha value is -3.36. The lowest BCUT2D eigenvalue weighted by atomic mass is 10.1. The number of para-hydroxylation sites is 1. The predicted molar refractivity (Wildman–Crippen MR) is 92.5 cm³/mol. The molecule has 1 heterocycles. The molecule has 0 radical (unpaired) electrons. The fraction of sp³-hybridized carbons (Fsp3) is 0.167. The second-order valence-corrected chi connectivity index (χ2v) is 5.52. The van der Waals surface area contributed by atoms with Gasteiger partial charge in [-0.05, 0) is 43.3 Å². The summed E-state index contributed by atoms with van der Waals surface area (Å²) >= 11 is 0. The number of nitrogens with zero attached hydrogens (tertiary/aromatic N) is 2. The molecule has 0 fully saturated rings. The van der Waals surface area contributed by atoms with Crippen LogP contribution in [0.2, 0.25) is 0 Å². The van der Waals surface area contributed by atoms with E-state index in [1.54, 1.807) is 31.2 Å². The Balaban J connectivity index is 1.85. The van der Waals surface area contributed by atoms with Crippen LogP contribution in [0, 0.1) is 0 Å². The maximum atomic E-state index is 12.7. The molecule has 0 aliphatic rings. The fourth-order valence-corrected chi connectivity index (χ4v) is 2.34. The third-order valence-corrected chi connectivity index (χ3v) is 3.61. The Morgan fingerprint density at radius 2 is 1.78 bits per heavy atom. The largest absolute Gasteiger partial charge is 0.416 e. The molecule has 27 heavy (non-hydrogen) atoms. The van der Waals surface area contributed by atoms with Gasteiger partial charge >= 0.3 is 18.0 Å². The summed E-state index contributed by atoms with van der Waals surface area (Å²) in [6.45, 7) is 2.18. The van der Waals surface area contributed by atoms with Crippen molar-refractivity contribution in [3.63, 3.8) is 0 Å². The zero-order chi connectivity index (χ0) is 19.4. The van der Waals surface area contributed by atoms with Crippen LogP contribution in [0.15, 0.2) is 52.9 Å². The van der Waals surface area contributed by atoms with E-state index < -0.39 is 17.6 Å². The lowest BCUT2D eigenvalue weighted by molar-refractivity contribution is -0.137. The second-order valence-electron chi connectivity index (χ2n) is 5.52. The molecule has 0 aliphatic carbocycles. The van der Waals surface area contributed by atoms with Gasteiger partial charge in [-0.2, -0.15) is 13.2 Å². The van der Waals surface area contributed by atoms with Gasteiger partial charge in [0.2, 0.25) is 5.89 Å². The first-order valence-corrected chi connectivity index (χ1v) is 8.04. The first kappa shape index (κ1) is 18.4. The Morgan fingerprint density at radius 3 is 2.44 bits per heavy atom. The fourth-order valence-electron chi connectivity index (χ4n) is 2.34. The number of alkyl halides is 3. The minimum Gasteiger partial charge on any atom is -0.412 e. The molecule has 1 amide bonds. The second kappa shape index (κ2) is 7.48. The summed E-state index contributed by atoms with van der Waals surface area (Å²) in [5.74, 6) is -0.535. The predicted octanol–water partition coefficient (Wildman–Crippen LogP) is 4.25. The van der Waals surface area contributed by atoms with Gasteiger partial charge in [-0.3, -0.25) is 4.79 Å². The minimum atomic E-state index is -4.39. The van der Waals surface area contributed by atoms with Gasteiger partial charge < -0.3 is 15.1 Å². The number of carbonyl (C=O) groups is 1. The molecule has 3 rings (SSSR count). The number of benzene rings is 2. The molecule has 2 N–H and O–H groups in total. The quantitative estimate of drug-likeness (QED) is 0.696. The number of halogens is 3. The lowest BCUT2D eigenvalue weighted by Gasteiger charge is -2.11. The molecule has 0 unspecified atom stereocenters. The molecular weight excluding hydrogens is 361 g/mol. The number of rotatable bonds is 5. The highest BCUT2D eigenvalue weighted by molar-refractivity contribution is 5.89. The zero-order valence-corrected chi connectivity index (χ0v) is 14.2. The van der Waals surface area contributed by atoms with E-state index in [9.17, 15) is 18.0 Å². The van der Waals surface area contributed by atoms with E-state index in [1.807, 2.05) is 0 Å². The van der Waals surface area contributed by atoms with Crippen LogP contribution in [0.1, 0.15) is 23.2 Å². The van der Waals surface area contributed by atoms with Crippen molar-refractivity contribution in [2.24, 2.45) is 0 Å². The van der Waals surface area contributed by atoms with Crippen molar-refractivity contribution in [3.8, 4) is 11.5 Å². The van der Waals surface area contributed by atoms with Gasteiger partial charge in [-0.25, -0.2) is 0 Å². The van der Waals surface area contributed by atoms with Crippen molar-refractivity contribution in [2.75, 3.05) is 11.9 Å². The lowest BCUT2D eigenvalue weighted by Crippen LogP contribution is -2.22. The molecule has 3 aromatic rings. The SMILES string of the molecule is CCNC(=O)c1nnc(-c2ccccc2Nc2ccc(C(F)(F)F)cc2)o1. The van der Waals surface area contributed by atoms with E-state index in [0.29, 0.717) is 23.5 Å². The third-order valence-electron chi connectivity index (χ3n) is 3.61.